The highest BCUT2D eigenvalue weighted by Crippen LogP contribution is 2.64. The molecule has 4 heteroatoms. The van der Waals surface area contributed by atoms with E-state index in [0.29, 0.717) is 12.5 Å². The van der Waals surface area contributed by atoms with E-state index in [-0.39, 0.29) is 16.9 Å². The van der Waals surface area contributed by atoms with E-state index in [1.165, 1.54) is 24.8 Å². The molecule has 0 bridgehead atoms. The van der Waals surface area contributed by atoms with Crippen LogP contribution < -0.4 is 5.32 Å². The van der Waals surface area contributed by atoms with Gasteiger partial charge in [0, 0.05) is 12.5 Å². The van der Waals surface area contributed by atoms with Crippen LogP contribution in [0.4, 0.5) is 0 Å². The van der Waals surface area contributed by atoms with Crippen molar-refractivity contribution in [2.45, 2.75) is 77.4 Å². The van der Waals surface area contributed by atoms with Crippen molar-refractivity contribution in [2.24, 2.45) is 28.6 Å². The van der Waals surface area contributed by atoms with Gasteiger partial charge in [0.25, 0.3) is 6.47 Å². The molecule has 4 nitrogen and oxygen atoms in total. The number of rotatable bonds is 4. The van der Waals surface area contributed by atoms with Crippen LogP contribution in [-0.2, 0) is 14.3 Å². The Bertz CT molecular complexity index is 588. The van der Waals surface area contributed by atoms with Crippen LogP contribution in [-0.4, -0.2) is 25.0 Å². The number of fused-ring (bicyclic) bond motifs is 5. The first-order valence-corrected chi connectivity index (χ1v) is 10.0. The summed E-state index contributed by atoms with van der Waals surface area (Å²) >= 11 is 0. The summed E-state index contributed by atoms with van der Waals surface area (Å²) in [5.41, 5.74) is 2.08. The Kier molecular flexibility index (Phi) is 4.20. The molecule has 1 N–H and O–H groups in total. The second-order valence-corrected chi connectivity index (χ2v) is 9.32. The summed E-state index contributed by atoms with van der Waals surface area (Å²) in [6.45, 7) is 5.49. The van der Waals surface area contributed by atoms with Gasteiger partial charge >= 0.3 is 0 Å². The van der Waals surface area contributed by atoms with Crippen molar-refractivity contribution in [2.75, 3.05) is 0 Å². The Morgan fingerprint density at radius 3 is 2.72 bits per heavy atom. The van der Waals surface area contributed by atoms with Crippen LogP contribution in [0.5, 0.6) is 0 Å². The molecule has 0 heterocycles. The molecule has 0 unspecified atom stereocenters. The van der Waals surface area contributed by atoms with E-state index in [2.05, 4.69) is 25.2 Å². The maximum absolute atomic E-state index is 11.0. The SMILES string of the molecule is C[C@]12CC[C@H]3[C@@H](CC=C4C[C@H](OC=O)CC[C@@]43C)[C@@H]1CC[C@H]2NC=O. The molecule has 3 fully saturated rings. The van der Waals surface area contributed by atoms with Gasteiger partial charge in [-0.25, -0.2) is 0 Å². The first-order chi connectivity index (χ1) is 12.0. The number of hydrogen-bond donors (Lipinski definition) is 1. The number of carbonyl (C=O) groups excluding carboxylic acids is 2. The lowest BCUT2D eigenvalue weighted by Crippen LogP contribution is -2.53. The van der Waals surface area contributed by atoms with Crippen molar-refractivity contribution in [1.82, 2.24) is 5.32 Å². The molecule has 3 saturated carbocycles. The van der Waals surface area contributed by atoms with Crippen LogP contribution in [0.1, 0.15) is 65.2 Å². The van der Waals surface area contributed by atoms with E-state index < -0.39 is 0 Å². The third-order valence-corrected chi connectivity index (χ3v) is 8.58. The maximum atomic E-state index is 11.0. The number of amides is 1. The third kappa shape index (κ3) is 2.47. The zero-order chi connectivity index (χ0) is 17.7. The molecular weight excluding hydrogens is 314 g/mol. The molecule has 0 aromatic rings. The van der Waals surface area contributed by atoms with Gasteiger partial charge in [-0.05, 0) is 73.5 Å². The van der Waals surface area contributed by atoms with Gasteiger partial charge in [-0.1, -0.05) is 25.5 Å². The minimum atomic E-state index is 0.0786. The number of ether oxygens (including phenoxy) is 1. The van der Waals surface area contributed by atoms with E-state index in [0.717, 1.165) is 56.3 Å². The zero-order valence-corrected chi connectivity index (χ0v) is 15.5. The minimum absolute atomic E-state index is 0.0786. The van der Waals surface area contributed by atoms with Crippen LogP contribution in [0.25, 0.3) is 0 Å². The molecular formula is C21H31NO3. The van der Waals surface area contributed by atoms with E-state index in [1.807, 2.05) is 0 Å². The van der Waals surface area contributed by atoms with Crippen LogP contribution in [0.3, 0.4) is 0 Å². The molecule has 7 atom stereocenters. The van der Waals surface area contributed by atoms with Gasteiger partial charge in [-0.2, -0.15) is 0 Å². The highest BCUT2D eigenvalue weighted by Gasteiger charge is 2.58. The van der Waals surface area contributed by atoms with Gasteiger partial charge in [0.05, 0.1) is 0 Å². The van der Waals surface area contributed by atoms with Crippen molar-refractivity contribution in [3.05, 3.63) is 11.6 Å². The second kappa shape index (κ2) is 6.14. The highest BCUT2D eigenvalue weighted by atomic mass is 16.5. The Balaban J connectivity index is 1.59. The molecule has 0 aromatic carbocycles. The highest BCUT2D eigenvalue weighted by molar-refractivity contribution is 5.47. The molecule has 0 saturated heterocycles. The zero-order valence-electron chi connectivity index (χ0n) is 15.5. The molecule has 4 rings (SSSR count). The molecule has 0 radical (unpaired) electrons. The largest absolute Gasteiger partial charge is 0.464 e. The maximum Gasteiger partial charge on any atom is 0.293 e. The Hall–Kier alpha value is -1.32. The fraction of sp³-hybridized carbons (Fsp3) is 0.810. The number of carbonyl (C=O) groups is 2. The lowest BCUT2D eigenvalue weighted by molar-refractivity contribution is -0.136. The van der Waals surface area contributed by atoms with Gasteiger partial charge < -0.3 is 10.1 Å². The summed E-state index contributed by atoms with van der Waals surface area (Å²) < 4.78 is 5.28. The lowest BCUT2D eigenvalue weighted by Gasteiger charge is -2.58. The standard InChI is InChI=1S/C21H31NO3/c1-20-9-7-15(25-13-24)11-14(20)3-4-16-17-5-6-19(22-12-23)21(17,2)10-8-18(16)20/h3,12-13,15-19H,4-11H2,1-2H3,(H,22,23)/t15-,16+,17+,18+,19-,20+,21+/m1/s1. The van der Waals surface area contributed by atoms with E-state index in [4.69, 9.17) is 4.74 Å². The predicted octanol–water partition coefficient (Wildman–Crippen LogP) is 3.61. The molecule has 0 aromatic heterocycles. The predicted molar refractivity (Wildman–Crippen MR) is 95.6 cm³/mol. The summed E-state index contributed by atoms with van der Waals surface area (Å²) in [5, 5.41) is 3.12. The number of nitrogens with one attached hydrogen (secondary N) is 1. The molecule has 0 aliphatic heterocycles. The number of allylic oxidation sites excluding steroid dienone is 1. The smallest absolute Gasteiger partial charge is 0.293 e. The van der Waals surface area contributed by atoms with Crippen LogP contribution >= 0.6 is 0 Å². The molecule has 0 spiro atoms. The van der Waals surface area contributed by atoms with E-state index >= 15 is 0 Å². The van der Waals surface area contributed by atoms with Gasteiger partial charge in [-0.3, -0.25) is 9.59 Å². The first-order valence-electron chi connectivity index (χ1n) is 10.0. The van der Waals surface area contributed by atoms with Gasteiger partial charge in [-0.15, -0.1) is 0 Å². The Morgan fingerprint density at radius 2 is 1.96 bits per heavy atom. The lowest BCUT2D eigenvalue weighted by atomic mass is 9.48. The minimum Gasteiger partial charge on any atom is -0.464 e. The monoisotopic (exact) mass is 345 g/mol. The molecule has 1 amide bonds. The van der Waals surface area contributed by atoms with E-state index in [1.54, 1.807) is 0 Å². The topological polar surface area (TPSA) is 55.4 Å². The van der Waals surface area contributed by atoms with Crippen LogP contribution in [0, 0.1) is 28.6 Å². The normalized spacial score (nSPS) is 48.4. The average molecular weight is 345 g/mol. The molecule has 4 aliphatic rings. The van der Waals surface area contributed by atoms with Crippen molar-refractivity contribution >= 4 is 12.9 Å². The number of hydrogen-bond acceptors (Lipinski definition) is 3. The van der Waals surface area contributed by atoms with Gasteiger partial charge in [0.15, 0.2) is 0 Å². The summed E-state index contributed by atoms with van der Waals surface area (Å²) in [5.74, 6) is 2.22. The fourth-order valence-electron chi connectivity index (χ4n) is 7.18. The molecule has 138 valence electrons. The van der Waals surface area contributed by atoms with Gasteiger partial charge in [0.1, 0.15) is 6.10 Å². The fourth-order valence-corrected chi connectivity index (χ4v) is 7.18. The van der Waals surface area contributed by atoms with Crippen molar-refractivity contribution in [3.63, 3.8) is 0 Å². The summed E-state index contributed by atoms with van der Waals surface area (Å²) in [4.78, 5) is 21.7. The van der Waals surface area contributed by atoms with Crippen molar-refractivity contribution < 1.29 is 14.3 Å². The second-order valence-electron chi connectivity index (χ2n) is 9.32. The van der Waals surface area contributed by atoms with Crippen LogP contribution in [0.2, 0.25) is 0 Å². The van der Waals surface area contributed by atoms with Crippen molar-refractivity contribution in [3.8, 4) is 0 Å². The van der Waals surface area contributed by atoms with Gasteiger partial charge in [0.2, 0.25) is 6.41 Å². The molecule has 4 aliphatic carbocycles. The average Bonchev–Trinajstić information content (AvgIpc) is 2.93. The Morgan fingerprint density at radius 1 is 1.12 bits per heavy atom. The van der Waals surface area contributed by atoms with Crippen molar-refractivity contribution in [1.29, 1.82) is 0 Å². The quantitative estimate of drug-likeness (QED) is 0.625. The first kappa shape index (κ1) is 17.1. The summed E-state index contributed by atoms with van der Waals surface area (Å²) in [6, 6.07) is 0.353. The molecule has 25 heavy (non-hydrogen) atoms. The third-order valence-electron chi connectivity index (χ3n) is 8.58. The Labute approximate surface area is 150 Å². The van der Waals surface area contributed by atoms with E-state index in [9.17, 15) is 9.59 Å². The summed E-state index contributed by atoms with van der Waals surface area (Å²) in [7, 11) is 0. The van der Waals surface area contributed by atoms with Crippen LogP contribution in [0.15, 0.2) is 11.6 Å². The summed E-state index contributed by atoms with van der Waals surface area (Å²) in [6.07, 6.45) is 12.5.